The number of carboxylic acids is 1. The Morgan fingerprint density at radius 3 is 2.63 bits per heavy atom. The van der Waals surface area contributed by atoms with Gasteiger partial charge in [-0.1, -0.05) is 42.2 Å². The third-order valence-electron chi connectivity index (χ3n) is 12.8. The van der Waals surface area contributed by atoms with Crippen molar-refractivity contribution in [1.82, 2.24) is 25.4 Å². The molecule has 318 valence electrons. The summed E-state index contributed by atoms with van der Waals surface area (Å²) in [6, 6.07) is 3.47. The number of rotatable bonds is 10. The van der Waals surface area contributed by atoms with E-state index in [0.29, 0.717) is 77.6 Å². The standard InChI is InChI=1S/C44H56ClN5O9/c1-26(2)18-30-22-37(33-10-11-36(38(45)39(33)46-30)57-17-14-49-12-15-56-16-13-49)58-32-23-35-40(51)48-44(42(53)54)24-29(44)8-6-4-3-5-7-9-34(41(52)50(35)25-32)47-43(55)59-31-20-27-19-28(27)21-31/h6,8,10-11,18,22,27-29,31-32,34-35H,3-5,7,9,12-17,19-21,23-25H2,1-2H3,(H,47,55)(H,48,51)(H,53,54)/b8-6-/t27-,28+,29-,31?,32-,34+,35+,44-/m1/s1. The number of carbonyl (C=O) groups is 4. The molecule has 0 spiro atoms. The molecule has 8 rings (SSSR count). The molecule has 3 saturated carbocycles. The lowest BCUT2D eigenvalue weighted by Crippen LogP contribution is -2.56. The maximum absolute atomic E-state index is 14.6. The Morgan fingerprint density at radius 2 is 1.86 bits per heavy atom. The number of aliphatic carboxylic acids is 1. The SMILES string of the molecule is CC(C)=Cc1cc(O[C@@H]2C[C@H]3C(=O)N[C@]4(C(=O)O)C[C@H]4/C=C\CCCCC[C@H](NC(=O)OC4C[C@@H]5C[C@@H]5C4)C(=O)N3C2)c2ccc(OCCN3CCOCC3)c(Cl)c2n1. The average molecular weight is 834 g/mol. The molecule has 8 atom stereocenters. The number of aromatic nitrogens is 1. The highest BCUT2D eigenvalue weighted by atomic mass is 35.5. The van der Waals surface area contributed by atoms with Gasteiger partial charge in [0.1, 0.15) is 53.0 Å². The molecule has 3 N–H and O–H groups in total. The zero-order valence-electron chi connectivity index (χ0n) is 34.0. The molecule has 5 fully saturated rings. The van der Waals surface area contributed by atoms with Gasteiger partial charge < -0.3 is 39.6 Å². The van der Waals surface area contributed by atoms with Crippen LogP contribution >= 0.6 is 11.6 Å². The number of halogens is 1. The van der Waals surface area contributed by atoms with E-state index in [4.69, 9.17) is 35.5 Å². The number of ether oxygens (including phenoxy) is 4. The second kappa shape index (κ2) is 17.7. The third kappa shape index (κ3) is 9.49. The molecule has 3 aliphatic carbocycles. The molecule has 0 radical (unpaired) electrons. The molecule has 1 unspecified atom stereocenters. The number of hydrogen-bond donors (Lipinski definition) is 3. The lowest BCUT2D eigenvalue weighted by atomic mass is 10.0. The van der Waals surface area contributed by atoms with Gasteiger partial charge in [-0.2, -0.15) is 0 Å². The molecule has 2 saturated heterocycles. The molecule has 3 amide bonds. The Labute approximate surface area is 350 Å². The monoisotopic (exact) mass is 833 g/mol. The second-order valence-electron chi connectivity index (χ2n) is 17.4. The summed E-state index contributed by atoms with van der Waals surface area (Å²) >= 11 is 7.00. The fourth-order valence-corrected chi connectivity index (χ4v) is 9.59. The molecule has 6 aliphatic rings. The van der Waals surface area contributed by atoms with Crippen molar-refractivity contribution in [3.8, 4) is 11.5 Å². The first-order chi connectivity index (χ1) is 28.5. The molecule has 0 bridgehead atoms. The van der Waals surface area contributed by atoms with Gasteiger partial charge in [0.25, 0.3) is 0 Å². The molecule has 59 heavy (non-hydrogen) atoms. The number of carboxylic acid groups (broad SMARTS) is 1. The van der Waals surface area contributed by atoms with Crippen molar-refractivity contribution < 1.29 is 43.2 Å². The van der Waals surface area contributed by atoms with Gasteiger partial charge in [-0.25, -0.2) is 14.6 Å². The number of benzene rings is 1. The molecule has 14 nitrogen and oxygen atoms in total. The fourth-order valence-electron chi connectivity index (χ4n) is 9.33. The highest BCUT2D eigenvalue weighted by Crippen LogP contribution is 2.52. The number of allylic oxidation sites excluding steroid dienone is 2. The first kappa shape index (κ1) is 41.3. The van der Waals surface area contributed by atoms with E-state index in [2.05, 4.69) is 15.5 Å². The van der Waals surface area contributed by atoms with Crippen molar-refractivity contribution in [1.29, 1.82) is 0 Å². The fraction of sp³-hybridized carbons (Fsp3) is 0.614. The van der Waals surface area contributed by atoms with Crippen molar-refractivity contribution in [2.45, 2.75) is 108 Å². The molecule has 2 aromatic rings. The van der Waals surface area contributed by atoms with E-state index in [-0.39, 0.29) is 31.4 Å². The van der Waals surface area contributed by atoms with Gasteiger partial charge in [0.2, 0.25) is 11.8 Å². The van der Waals surface area contributed by atoms with Gasteiger partial charge in [0.05, 0.1) is 31.0 Å². The van der Waals surface area contributed by atoms with Crippen LogP contribution < -0.4 is 20.1 Å². The number of hydrogen-bond acceptors (Lipinski definition) is 10. The molecular formula is C44H56ClN5O9. The quantitative estimate of drug-likeness (QED) is 0.250. The average Bonchev–Trinajstić information content (AvgIpc) is 4.00. The lowest BCUT2D eigenvalue weighted by molar-refractivity contribution is -0.145. The predicted octanol–water partition coefficient (Wildman–Crippen LogP) is 5.74. The van der Waals surface area contributed by atoms with Gasteiger partial charge in [0, 0.05) is 43.4 Å². The van der Waals surface area contributed by atoms with Crippen LogP contribution in [-0.4, -0.2) is 120 Å². The Hall–Kier alpha value is -4.40. The van der Waals surface area contributed by atoms with E-state index in [1.807, 2.05) is 44.2 Å². The minimum Gasteiger partial charge on any atom is -0.491 e. The number of alkyl carbamates (subject to hydrolysis) is 1. The second-order valence-corrected chi connectivity index (χ2v) is 17.8. The maximum Gasteiger partial charge on any atom is 0.408 e. The molecule has 1 aromatic heterocycles. The summed E-state index contributed by atoms with van der Waals surface area (Å²) < 4.78 is 24.1. The topological polar surface area (TPSA) is 169 Å². The van der Waals surface area contributed by atoms with E-state index in [1.54, 1.807) is 6.07 Å². The summed E-state index contributed by atoms with van der Waals surface area (Å²) in [7, 11) is 0. The van der Waals surface area contributed by atoms with E-state index >= 15 is 0 Å². The number of morpholine rings is 1. The number of pyridine rings is 1. The van der Waals surface area contributed by atoms with Crippen molar-refractivity contribution in [2.24, 2.45) is 17.8 Å². The molecule has 4 heterocycles. The summed E-state index contributed by atoms with van der Waals surface area (Å²) in [6.07, 6.45) is 11.0. The summed E-state index contributed by atoms with van der Waals surface area (Å²) in [5.74, 6) is -0.270. The number of fused-ring (bicyclic) bond motifs is 4. The third-order valence-corrected chi connectivity index (χ3v) is 13.1. The van der Waals surface area contributed by atoms with Crippen molar-refractivity contribution in [2.75, 3.05) is 46.0 Å². The molecular weight excluding hydrogens is 778 g/mol. The van der Waals surface area contributed by atoms with Crippen LogP contribution in [0.3, 0.4) is 0 Å². The summed E-state index contributed by atoms with van der Waals surface area (Å²) in [5.41, 5.74) is 0.651. The maximum atomic E-state index is 14.6. The van der Waals surface area contributed by atoms with Crippen LogP contribution in [0.1, 0.15) is 83.7 Å². The minimum atomic E-state index is -1.45. The highest BCUT2D eigenvalue weighted by Gasteiger charge is 2.61. The van der Waals surface area contributed by atoms with E-state index < -0.39 is 47.6 Å². The van der Waals surface area contributed by atoms with Crippen LogP contribution in [0.25, 0.3) is 17.0 Å². The van der Waals surface area contributed by atoms with Gasteiger partial charge in [-0.05, 0) is 88.8 Å². The van der Waals surface area contributed by atoms with Crippen molar-refractivity contribution >= 4 is 52.5 Å². The molecule has 15 heteroatoms. The summed E-state index contributed by atoms with van der Waals surface area (Å²) in [5, 5.41) is 17.0. The molecule has 3 aliphatic heterocycles. The van der Waals surface area contributed by atoms with Crippen LogP contribution in [0.5, 0.6) is 11.5 Å². The van der Waals surface area contributed by atoms with E-state index in [9.17, 15) is 24.3 Å². The van der Waals surface area contributed by atoms with Crippen LogP contribution in [0.4, 0.5) is 4.79 Å². The largest absolute Gasteiger partial charge is 0.491 e. The first-order valence-corrected chi connectivity index (χ1v) is 21.7. The number of nitrogens with one attached hydrogen (secondary N) is 2. The number of nitrogens with zero attached hydrogens (tertiary/aromatic N) is 3. The smallest absolute Gasteiger partial charge is 0.408 e. The van der Waals surface area contributed by atoms with Crippen LogP contribution in [-0.2, 0) is 23.9 Å². The van der Waals surface area contributed by atoms with Crippen molar-refractivity contribution in [3.63, 3.8) is 0 Å². The van der Waals surface area contributed by atoms with Gasteiger partial charge >= 0.3 is 12.1 Å². The van der Waals surface area contributed by atoms with Gasteiger partial charge in [0.15, 0.2) is 0 Å². The zero-order chi connectivity index (χ0) is 41.3. The Morgan fingerprint density at radius 1 is 1.07 bits per heavy atom. The summed E-state index contributed by atoms with van der Waals surface area (Å²) in [4.78, 5) is 63.4. The van der Waals surface area contributed by atoms with Crippen LogP contribution in [0, 0.1) is 17.8 Å². The van der Waals surface area contributed by atoms with Gasteiger partial charge in [-0.3, -0.25) is 14.5 Å². The van der Waals surface area contributed by atoms with E-state index in [0.717, 1.165) is 57.3 Å². The lowest BCUT2D eigenvalue weighted by Gasteiger charge is -2.29. The summed E-state index contributed by atoms with van der Waals surface area (Å²) in [6.45, 7) is 8.21. The molecule has 1 aromatic carbocycles. The Balaban J connectivity index is 1.06. The highest BCUT2D eigenvalue weighted by molar-refractivity contribution is 6.36. The Bertz CT molecular complexity index is 1990. The minimum absolute atomic E-state index is 0.0256. The zero-order valence-corrected chi connectivity index (χ0v) is 34.7. The van der Waals surface area contributed by atoms with Crippen LogP contribution in [0.2, 0.25) is 5.02 Å². The van der Waals surface area contributed by atoms with Crippen LogP contribution in [0.15, 0.2) is 35.9 Å². The van der Waals surface area contributed by atoms with E-state index in [1.165, 1.54) is 11.3 Å². The first-order valence-electron chi connectivity index (χ1n) is 21.3. The Kier molecular flexibility index (Phi) is 12.4. The van der Waals surface area contributed by atoms with Gasteiger partial charge in [-0.15, -0.1) is 0 Å². The number of carbonyl (C=O) groups excluding carboxylic acids is 3. The van der Waals surface area contributed by atoms with Crippen molar-refractivity contribution in [3.05, 3.63) is 46.6 Å². The predicted molar refractivity (Wildman–Crippen MR) is 220 cm³/mol. The number of amides is 3. The normalized spacial score (nSPS) is 31.4.